The average molecular weight is 548 g/mol. The van der Waals surface area contributed by atoms with Crippen LogP contribution < -0.4 is 9.47 Å². The van der Waals surface area contributed by atoms with Crippen LogP contribution in [0.3, 0.4) is 0 Å². The second-order valence-electron chi connectivity index (χ2n) is 11.4. The van der Waals surface area contributed by atoms with Crippen molar-refractivity contribution in [2.45, 2.75) is 40.0 Å². The number of rotatable bonds is 6. The predicted molar refractivity (Wildman–Crippen MR) is 158 cm³/mol. The molecule has 0 bridgehead atoms. The highest BCUT2D eigenvalue weighted by molar-refractivity contribution is 7.21. The minimum atomic E-state index is -0.407. The van der Waals surface area contributed by atoms with E-state index in [0.29, 0.717) is 6.61 Å². The second-order valence-corrected chi connectivity index (χ2v) is 12.9. The van der Waals surface area contributed by atoms with Gasteiger partial charge in [-0.3, -0.25) is 0 Å². The molecular formula is C32H34ClNO3S. The molecule has 1 unspecified atom stereocenters. The van der Waals surface area contributed by atoms with E-state index < -0.39 is 5.38 Å². The van der Waals surface area contributed by atoms with Crippen molar-refractivity contribution in [3.8, 4) is 22.1 Å². The lowest BCUT2D eigenvalue weighted by atomic mass is 9.71. The monoisotopic (exact) mass is 547 g/mol. The third-order valence-corrected chi connectivity index (χ3v) is 8.57. The van der Waals surface area contributed by atoms with Crippen LogP contribution in [0.1, 0.15) is 56.7 Å². The Morgan fingerprint density at radius 2 is 1.74 bits per heavy atom. The summed E-state index contributed by atoms with van der Waals surface area (Å²) < 4.78 is 19.0. The number of hydrogen-bond donors (Lipinski definition) is 0. The van der Waals surface area contributed by atoms with Gasteiger partial charge in [0.15, 0.2) is 0 Å². The fourth-order valence-electron chi connectivity index (χ4n) is 5.53. The first kappa shape index (κ1) is 26.6. The summed E-state index contributed by atoms with van der Waals surface area (Å²) in [5.41, 5.74) is 6.00. The Balaban J connectivity index is 1.56. The number of ether oxygens (including phenoxy) is 3. The van der Waals surface area contributed by atoms with Gasteiger partial charge >= 0.3 is 0 Å². The van der Waals surface area contributed by atoms with E-state index >= 15 is 0 Å². The molecule has 0 N–H and O–H groups in total. The van der Waals surface area contributed by atoms with Crippen LogP contribution in [0.15, 0.2) is 66.2 Å². The van der Waals surface area contributed by atoms with Gasteiger partial charge in [0.05, 0.1) is 42.0 Å². The maximum Gasteiger partial charge on any atom is 0.129 e. The van der Waals surface area contributed by atoms with E-state index in [1.165, 1.54) is 5.57 Å². The highest BCUT2D eigenvalue weighted by Gasteiger charge is 2.41. The Hall–Kier alpha value is -3.02. The molecule has 1 atom stereocenters. The normalized spacial score (nSPS) is 16.0. The van der Waals surface area contributed by atoms with Crippen LogP contribution in [0.4, 0.5) is 0 Å². The summed E-state index contributed by atoms with van der Waals surface area (Å²) in [7, 11) is 3.36. The predicted octanol–water partition coefficient (Wildman–Crippen LogP) is 9.12. The maximum absolute atomic E-state index is 7.13. The van der Waals surface area contributed by atoms with Crippen molar-refractivity contribution in [2.75, 3.05) is 20.8 Å². The highest BCUT2D eigenvalue weighted by Crippen LogP contribution is 2.50. The third-order valence-electron chi connectivity index (χ3n) is 6.99. The van der Waals surface area contributed by atoms with Crippen molar-refractivity contribution in [3.63, 3.8) is 0 Å². The van der Waals surface area contributed by atoms with Crippen molar-refractivity contribution in [1.82, 2.24) is 4.98 Å². The number of thiazole rings is 1. The zero-order valence-electron chi connectivity index (χ0n) is 23.0. The van der Waals surface area contributed by atoms with Crippen LogP contribution in [0.2, 0.25) is 0 Å². The molecule has 1 aromatic heterocycles. The van der Waals surface area contributed by atoms with Gasteiger partial charge in [-0.25, -0.2) is 4.98 Å². The van der Waals surface area contributed by atoms with Crippen LogP contribution in [0.5, 0.6) is 11.5 Å². The Kier molecular flexibility index (Phi) is 6.95. The first-order valence-corrected chi connectivity index (χ1v) is 14.0. The van der Waals surface area contributed by atoms with Crippen LogP contribution in [-0.2, 0) is 4.74 Å². The van der Waals surface area contributed by atoms with Gasteiger partial charge in [-0.05, 0) is 64.6 Å². The van der Waals surface area contributed by atoms with E-state index in [0.717, 1.165) is 54.7 Å². The van der Waals surface area contributed by atoms with Crippen molar-refractivity contribution in [3.05, 3.63) is 82.9 Å². The number of halogens is 1. The fraction of sp³-hybridized carbons (Fsp3) is 0.344. The molecule has 0 saturated heterocycles. The van der Waals surface area contributed by atoms with E-state index in [9.17, 15) is 0 Å². The standard InChI is InChI=1S/C32H34ClNO3S/c1-31(2,3)29-28(37-18-32(29,4)5)21-14-20(15-22(16-21)35-6)27(33)19-12-13-23(25(17-19)36-7)30-34-24-10-8-9-11-26(24)38-30/h8-17,27H,18H2,1-7H3. The third kappa shape index (κ3) is 4.90. The van der Waals surface area contributed by atoms with Gasteiger partial charge in [0.25, 0.3) is 0 Å². The maximum atomic E-state index is 7.13. The molecule has 38 heavy (non-hydrogen) atoms. The molecule has 1 aliphatic rings. The Morgan fingerprint density at radius 1 is 0.974 bits per heavy atom. The average Bonchev–Trinajstić information content (AvgIpc) is 3.47. The largest absolute Gasteiger partial charge is 0.497 e. The van der Waals surface area contributed by atoms with Crippen molar-refractivity contribution in [1.29, 1.82) is 0 Å². The van der Waals surface area contributed by atoms with E-state index in [-0.39, 0.29) is 10.8 Å². The molecule has 1 aliphatic heterocycles. The number of aromatic nitrogens is 1. The Labute approximate surface area is 234 Å². The molecule has 2 heterocycles. The minimum Gasteiger partial charge on any atom is -0.497 e. The molecule has 0 fully saturated rings. The number of benzene rings is 3. The number of hydrogen-bond acceptors (Lipinski definition) is 5. The molecule has 5 rings (SSSR count). The quantitative estimate of drug-likeness (QED) is 0.226. The smallest absolute Gasteiger partial charge is 0.129 e. The van der Waals surface area contributed by atoms with Crippen molar-refractivity contribution in [2.24, 2.45) is 10.8 Å². The molecule has 4 nitrogen and oxygen atoms in total. The molecule has 6 heteroatoms. The van der Waals surface area contributed by atoms with E-state index in [1.54, 1.807) is 25.6 Å². The molecule has 3 aromatic carbocycles. The molecule has 0 spiro atoms. The van der Waals surface area contributed by atoms with Crippen LogP contribution in [0, 0.1) is 10.8 Å². The summed E-state index contributed by atoms with van der Waals surface area (Å²) in [6, 6.07) is 20.4. The SMILES string of the molecule is COc1cc(C2=C(C(C)(C)C)C(C)(C)CO2)cc(C(Cl)c2ccc(-c3nc4ccccc4s3)c(OC)c2)c1. The van der Waals surface area contributed by atoms with Gasteiger partial charge in [0, 0.05) is 11.0 Å². The molecule has 0 amide bonds. The summed E-state index contributed by atoms with van der Waals surface area (Å²) >= 11 is 8.79. The fourth-order valence-corrected chi connectivity index (χ4v) is 6.78. The van der Waals surface area contributed by atoms with Gasteiger partial charge < -0.3 is 14.2 Å². The van der Waals surface area contributed by atoms with Gasteiger partial charge in [0.1, 0.15) is 22.3 Å². The molecule has 0 saturated carbocycles. The molecule has 0 aliphatic carbocycles. The zero-order valence-corrected chi connectivity index (χ0v) is 24.6. The van der Waals surface area contributed by atoms with Gasteiger partial charge in [-0.1, -0.05) is 52.8 Å². The highest BCUT2D eigenvalue weighted by atomic mass is 35.5. The number of para-hydroxylation sites is 1. The summed E-state index contributed by atoms with van der Waals surface area (Å²) in [6.07, 6.45) is 0. The van der Waals surface area contributed by atoms with E-state index in [4.69, 9.17) is 30.8 Å². The van der Waals surface area contributed by atoms with Gasteiger partial charge in [0.2, 0.25) is 0 Å². The molecule has 0 radical (unpaired) electrons. The van der Waals surface area contributed by atoms with Crippen LogP contribution in [-0.4, -0.2) is 25.8 Å². The number of methoxy groups -OCH3 is 2. The summed E-state index contributed by atoms with van der Waals surface area (Å²) in [5.74, 6) is 2.42. The van der Waals surface area contributed by atoms with Gasteiger partial charge in [-0.15, -0.1) is 22.9 Å². The molecule has 4 aromatic rings. The number of fused-ring (bicyclic) bond motifs is 1. The second kappa shape index (κ2) is 9.94. The first-order chi connectivity index (χ1) is 18.0. The lowest BCUT2D eigenvalue weighted by Gasteiger charge is -2.31. The number of nitrogens with zero attached hydrogens (tertiary/aromatic N) is 1. The number of alkyl halides is 1. The topological polar surface area (TPSA) is 40.6 Å². The van der Waals surface area contributed by atoms with Gasteiger partial charge in [-0.2, -0.15) is 0 Å². The first-order valence-electron chi connectivity index (χ1n) is 12.8. The minimum absolute atomic E-state index is 0.0389. The zero-order chi connectivity index (χ0) is 27.2. The van der Waals surface area contributed by atoms with Crippen molar-refractivity contribution < 1.29 is 14.2 Å². The summed E-state index contributed by atoms with van der Waals surface area (Å²) in [6.45, 7) is 11.9. The molecular weight excluding hydrogens is 514 g/mol. The molecule has 198 valence electrons. The summed E-state index contributed by atoms with van der Waals surface area (Å²) in [4.78, 5) is 4.81. The Bertz CT molecular complexity index is 1500. The van der Waals surface area contributed by atoms with Crippen LogP contribution >= 0.6 is 22.9 Å². The van der Waals surface area contributed by atoms with Crippen molar-refractivity contribution >= 4 is 38.9 Å². The lowest BCUT2D eigenvalue weighted by Crippen LogP contribution is -2.24. The van der Waals surface area contributed by atoms with E-state index in [1.807, 2.05) is 42.5 Å². The van der Waals surface area contributed by atoms with E-state index in [2.05, 4.69) is 52.8 Å². The van der Waals surface area contributed by atoms with Crippen LogP contribution in [0.25, 0.3) is 26.5 Å². The summed E-state index contributed by atoms with van der Waals surface area (Å²) in [5, 5.41) is 0.516. The Morgan fingerprint density at radius 3 is 2.42 bits per heavy atom. The lowest BCUT2D eigenvalue weighted by molar-refractivity contribution is 0.213.